The fraction of sp³-hybridized carbons (Fsp3) is 0.607. The van der Waals surface area contributed by atoms with Gasteiger partial charge in [0.2, 0.25) is 23.6 Å². The van der Waals surface area contributed by atoms with Gasteiger partial charge in [0.05, 0.1) is 6.04 Å². The van der Waals surface area contributed by atoms with Crippen molar-refractivity contribution in [2.24, 2.45) is 17.6 Å². The largest absolute Gasteiger partial charge is 0.480 e. The number of rotatable bonds is 13. The van der Waals surface area contributed by atoms with Crippen molar-refractivity contribution in [3.05, 3.63) is 35.9 Å². The summed E-state index contributed by atoms with van der Waals surface area (Å²) in [6, 6.07) is 4.30. The Labute approximate surface area is 230 Å². The Morgan fingerprint density at radius 2 is 1.64 bits per heavy atom. The van der Waals surface area contributed by atoms with E-state index < -0.39 is 53.9 Å². The molecule has 1 fully saturated rings. The van der Waals surface area contributed by atoms with Gasteiger partial charge in [0.15, 0.2) is 0 Å². The number of carbonyl (C=O) groups is 5. The highest BCUT2D eigenvalue weighted by Crippen LogP contribution is 2.20. The van der Waals surface area contributed by atoms with Crippen molar-refractivity contribution < 1.29 is 29.1 Å². The van der Waals surface area contributed by atoms with Crippen LogP contribution in [0.2, 0.25) is 0 Å². The Kier molecular flexibility index (Phi) is 11.9. The standard InChI is InChI=1S/C28H43N5O6/c1-6-17(4)22(29)27(37)33-14-10-13-21(33)25(35)30-18(5)24(34)32-23(16(2)3)26(36)31-20(28(38)39)15-19-11-8-7-9-12-19/h7-9,11-12,16-18,20-23H,6,10,13-15,29H2,1-5H3,(H,30,35)(H,31,36)(H,32,34)(H,38,39)/t17-,18-,20-,21-,22-,23-/m0/s1. The molecule has 1 aromatic rings. The summed E-state index contributed by atoms with van der Waals surface area (Å²) in [4.78, 5) is 65.1. The van der Waals surface area contributed by atoms with Gasteiger partial charge in [-0.15, -0.1) is 0 Å². The smallest absolute Gasteiger partial charge is 0.326 e. The summed E-state index contributed by atoms with van der Waals surface area (Å²) in [5.41, 5.74) is 6.86. The third kappa shape index (κ3) is 8.77. The number of likely N-dealkylation sites (tertiary alicyclic amines) is 1. The van der Waals surface area contributed by atoms with Crippen LogP contribution in [0.1, 0.15) is 59.4 Å². The number of nitrogens with two attached hydrogens (primary N) is 1. The molecule has 39 heavy (non-hydrogen) atoms. The molecule has 216 valence electrons. The summed E-state index contributed by atoms with van der Waals surface area (Å²) in [6.07, 6.45) is 1.94. The van der Waals surface area contributed by atoms with Crippen molar-refractivity contribution in [3.8, 4) is 0 Å². The monoisotopic (exact) mass is 545 g/mol. The Morgan fingerprint density at radius 3 is 2.21 bits per heavy atom. The molecule has 1 saturated heterocycles. The molecule has 0 unspecified atom stereocenters. The minimum Gasteiger partial charge on any atom is -0.480 e. The Bertz CT molecular complexity index is 1020. The molecule has 1 aliphatic heterocycles. The Balaban J connectivity index is 2.01. The van der Waals surface area contributed by atoms with Crippen LogP contribution < -0.4 is 21.7 Å². The SMILES string of the molecule is CC[C@H](C)[C@H](N)C(=O)N1CCC[C@H]1C(=O)N[C@@H](C)C(=O)N[C@H](C(=O)N[C@@H](Cc1ccccc1)C(=O)O)C(C)C. The molecule has 0 aliphatic carbocycles. The predicted octanol–water partition coefficient (Wildman–Crippen LogP) is 0.808. The summed E-state index contributed by atoms with van der Waals surface area (Å²) in [6.45, 7) is 9.20. The summed E-state index contributed by atoms with van der Waals surface area (Å²) >= 11 is 0. The first-order chi connectivity index (χ1) is 18.4. The van der Waals surface area contributed by atoms with Crippen LogP contribution in [0.3, 0.4) is 0 Å². The lowest BCUT2D eigenvalue weighted by atomic mass is 9.98. The van der Waals surface area contributed by atoms with E-state index in [1.54, 1.807) is 38.1 Å². The normalized spacial score (nSPS) is 18.9. The Hall–Kier alpha value is -3.47. The minimum atomic E-state index is -1.19. The molecule has 6 atom stereocenters. The first kappa shape index (κ1) is 31.7. The maximum absolute atomic E-state index is 13.0. The summed E-state index contributed by atoms with van der Waals surface area (Å²) in [5, 5.41) is 17.4. The molecule has 6 N–H and O–H groups in total. The van der Waals surface area contributed by atoms with Gasteiger partial charge in [-0.05, 0) is 37.2 Å². The first-order valence-corrected chi connectivity index (χ1v) is 13.6. The predicted molar refractivity (Wildman–Crippen MR) is 146 cm³/mol. The first-order valence-electron chi connectivity index (χ1n) is 13.6. The van der Waals surface area contributed by atoms with Crippen molar-refractivity contribution in [1.82, 2.24) is 20.9 Å². The van der Waals surface area contributed by atoms with Gasteiger partial charge in [0, 0.05) is 13.0 Å². The molecule has 11 heteroatoms. The second-order valence-electron chi connectivity index (χ2n) is 10.7. The summed E-state index contributed by atoms with van der Waals surface area (Å²) < 4.78 is 0. The number of carboxylic acid groups (broad SMARTS) is 1. The number of nitrogens with one attached hydrogen (secondary N) is 3. The van der Waals surface area contributed by atoms with Crippen LogP contribution in [0, 0.1) is 11.8 Å². The van der Waals surface area contributed by atoms with Gasteiger partial charge < -0.3 is 31.7 Å². The second kappa shape index (κ2) is 14.6. The molecule has 11 nitrogen and oxygen atoms in total. The number of carboxylic acids is 1. The highest BCUT2D eigenvalue weighted by Gasteiger charge is 2.38. The highest BCUT2D eigenvalue weighted by atomic mass is 16.4. The Morgan fingerprint density at radius 1 is 1.00 bits per heavy atom. The van der Waals surface area contributed by atoms with E-state index in [-0.39, 0.29) is 24.2 Å². The maximum atomic E-state index is 13.0. The fourth-order valence-corrected chi connectivity index (χ4v) is 4.49. The van der Waals surface area contributed by atoms with Crippen LogP contribution in [0.5, 0.6) is 0 Å². The zero-order chi connectivity index (χ0) is 29.3. The van der Waals surface area contributed by atoms with Gasteiger partial charge in [-0.1, -0.05) is 64.4 Å². The zero-order valence-electron chi connectivity index (χ0n) is 23.5. The lowest BCUT2D eigenvalue weighted by molar-refractivity contribution is -0.142. The highest BCUT2D eigenvalue weighted by molar-refractivity contribution is 5.95. The van der Waals surface area contributed by atoms with E-state index in [1.807, 2.05) is 19.9 Å². The third-order valence-corrected chi connectivity index (χ3v) is 7.28. The average Bonchev–Trinajstić information content (AvgIpc) is 3.40. The van der Waals surface area contributed by atoms with E-state index in [9.17, 15) is 29.1 Å². The molecule has 0 spiro atoms. The van der Waals surface area contributed by atoms with Gasteiger partial charge in [-0.25, -0.2) is 4.79 Å². The molecule has 2 rings (SSSR count). The number of hydrogen-bond acceptors (Lipinski definition) is 6. The topological polar surface area (TPSA) is 171 Å². The van der Waals surface area contributed by atoms with Gasteiger partial charge in [-0.2, -0.15) is 0 Å². The fourth-order valence-electron chi connectivity index (χ4n) is 4.49. The van der Waals surface area contributed by atoms with Gasteiger partial charge in [-0.3, -0.25) is 19.2 Å². The van der Waals surface area contributed by atoms with Crippen LogP contribution in [0.15, 0.2) is 30.3 Å². The van der Waals surface area contributed by atoms with Crippen LogP contribution in [-0.2, 0) is 30.4 Å². The summed E-state index contributed by atoms with van der Waals surface area (Å²) in [5.74, 6) is -3.54. The number of amides is 4. The lowest BCUT2D eigenvalue weighted by Crippen LogP contribution is -2.58. The quantitative estimate of drug-likeness (QED) is 0.244. The van der Waals surface area contributed by atoms with Crippen LogP contribution in [0.4, 0.5) is 0 Å². The number of benzene rings is 1. The van der Waals surface area contributed by atoms with Crippen LogP contribution in [0.25, 0.3) is 0 Å². The second-order valence-corrected chi connectivity index (χ2v) is 10.7. The van der Waals surface area contributed by atoms with Crippen molar-refractivity contribution in [2.75, 3.05) is 6.54 Å². The van der Waals surface area contributed by atoms with E-state index >= 15 is 0 Å². The average molecular weight is 546 g/mol. The third-order valence-electron chi connectivity index (χ3n) is 7.28. The molecule has 1 heterocycles. The van der Waals surface area contributed by atoms with Crippen molar-refractivity contribution in [2.45, 2.75) is 90.5 Å². The molecule has 0 aromatic heterocycles. The number of hydrogen-bond donors (Lipinski definition) is 5. The van der Waals surface area contributed by atoms with Crippen LogP contribution >= 0.6 is 0 Å². The maximum Gasteiger partial charge on any atom is 0.326 e. The molecular weight excluding hydrogens is 502 g/mol. The van der Waals surface area contributed by atoms with E-state index in [0.717, 1.165) is 12.0 Å². The number of aliphatic carboxylic acids is 1. The van der Waals surface area contributed by atoms with Crippen molar-refractivity contribution >= 4 is 29.6 Å². The molecule has 0 radical (unpaired) electrons. The molecule has 1 aromatic carbocycles. The lowest BCUT2D eigenvalue weighted by Gasteiger charge is -2.30. The van der Waals surface area contributed by atoms with Gasteiger partial charge in [0.1, 0.15) is 24.2 Å². The summed E-state index contributed by atoms with van der Waals surface area (Å²) in [7, 11) is 0. The van der Waals surface area contributed by atoms with Crippen molar-refractivity contribution in [1.29, 1.82) is 0 Å². The van der Waals surface area contributed by atoms with Gasteiger partial charge >= 0.3 is 5.97 Å². The molecule has 1 aliphatic rings. The van der Waals surface area contributed by atoms with Crippen molar-refractivity contribution in [3.63, 3.8) is 0 Å². The molecule has 0 saturated carbocycles. The van der Waals surface area contributed by atoms with Gasteiger partial charge in [0.25, 0.3) is 0 Å². The number of nitrogens with zero attached hydrogens (tertiary/aromatic N) is 1. The van der Waals surface area contributed by atoms with E-state index in [0.29, 0.717) is 19.4 Å². The van der Waals surface area contributed by atoms with E-state index in [4.69, 9.17) is 5.73 Å². The van der Waals surface area contributed by atoms with Crippen LogP contribution in [-0.4, -0.2) is 76.4 Å². The van der Waals surface area contributed by atoms with E-state index in [2.05, 4.69) is 16.0 Å². The van der Waals surface area contributed by atoms with E-state index in [1.165, 1.54) is 11.8 Å². The minimum absolute atomic E-state index is 0.0287. The molecule has 4 amide bonds. The number of carbonyl (C=O) groups excluding carboxylic acids is 4. The molecule has 0 bridgehead atoms. The molecular formula is C28H43N5O6. The zero-order valence-corrected chi connectivity index (χ0v) is 23.5.